The van der Waals surface area contributed by atoms with E-state index in [0.717, 1.165) is 31.6 Å². The second-order valence-electron chi connectivity index (χ2n) is 7.08. The maximum atomic E-state index is 11.5. The molecule has 140 valence electrons. The molecule has 1 saturated heterocycles. The lowest BCUT2D eigenvalue weighted by Crippen LogP contribution is -2.24. The van der Waals surface area contributed by atoms with Crippen LogP contribution < -0.4 is 4.74 Å². The number of rotatable bonds is 7. The van der Waals surface area contributed by atoms with Gasteiger partial charge in [-0.2, -0.15) is 8.42 Å². The van der Waals surface area contributed by atoms with Gasteiger partial charge in [-0.25, -0.2) is 0 Å². The minimum atomic E-state index is -4.11. The molecule has 7 heteroatoms. The van der Waals surface area contributed by atoms with E-state index in [1.807, 2.05) is 24.3 Å². The Labute approximate surface area is 149 Å². The second kappa shape index (κ2) is 7.61. The van der Waals surface area contributed by atoms with Crippen LogP contribution in [0.25, 0.3) is 0 Å². The zero-order valence-electron chi connectivity index (χ0n) is 14.6. The number of para-hydroxylation sites is 1. The van der Waals surface area contributed by atoms with Gasteiger partial charge in [0.05, 0.1) is 24.6 Å². The highest BCUT2D eigenvalue weighted by atomic mass is 32.2. The van der Waals surface area contributed by atoms with Crippen LogP contribution in [0.4, 0.5) is 0 Å². The summed E-state index contributed by atoms with van der Waals surface area (Å²) in [5.74, 6) is 1.72. The number of hydrogen-bond acceptors (Lipinski definition) is 5. The van der Waals surface area contributed by atoms with Gasteiger partial charge in [0.25, 0.3) is 10.1 Å². The molecule has 1 aromatic carbocycles. The Balaban J connectivity index is 1.79. The molecule has 1 aliphatic carbocycles. The molecule has 0 radical (unpaired) electrons. The fraction of sp³-hybridized carbons (Fsp3) is 0.667. The molecule has 2 aliphatic rings. The predicted molar refractivity (Wildman–Crippen MR) is 93.3 cm³/mol. The molecule has 0 aromatic heterocycles. The van der Waals surface area contributed by atoms with E-state index in [2.05, 4.69) is 0 Å². The SMILES string of the molecule is COc1ccccc1[C@@H](CC(C)S(=O)(=O)O)OC1C[C@H]2COC[C@H]2C1. The Hall–Kier alpha value is -1.15. The highest BCUT2D eigenvalue weighted by molar-refractivity contribution is 7.86. The van der Waals surface area contributed by atoms with E-state index in [1.165, 1.54) is 6.92 Å². The normalized spacial score (nSPS) is 28.5. The Morgan fingerprint density at radius 2 is 1.88 bits per heavy atom. The van der Waals surface area contributed by atoms with Crippen molar-refractivity contribution in [3.8, 4) is 5.75 Å². The van der Waals surface area contributed by atoms with Gasteiger partial charge < -0.3 is 14.2 Å². The maximum Gasteiger partial charge on any atom is 0.267 e. The van der Waals surface area contributed by atoms with Crippen molar-refractivity contribution < 1.29 is 27.2 Å². The average molecular weight is 370 g/mol. The predicted octanol–water partition coefficient (Wildman–Crippen LogP) is 2.84. The van der Waals surface area contributed by atoms with Crippen LogP contribution in [0.3, 0.4) is 0 Å². The third-order valence-electron chi connectivity index (χ3n) is 5.36. The molecular weight excluding hydrogens is 344 g/mol. The van der Waals surface area contributed by atoms with Crippen molar-refractivity contribution in [2.75, 3.05) is 20.3 Å². The Bertz CT molecular complexity index is 677. The summed E-state index contributed by atoms with van der Waals surface area (Å²) in [5, 5.41) is -0.911. The van der Waals surface area contributed by atoms with Gasteiger partial charge in [0.15, 0.2) is 0 Å². The van der Waals surface area contributed by atoms with Crippen molar-refractivity contribution in [1.29, 1.82) is 0 Å². The van der Waals surface area contributed by atoms with Crippen LogP contribution in [-0.2, 0) is 19.6 Å². The van der Waals surface area contributed by atoms with Crippen LogP contribution in [0.1, 0.15) is 37.9 Å². The molecule has 0 spiro atoms. The van der Waals surface area contributed by atoms with Gasteiger partial charge in [-0.05, 0) is 44.1 Å². The van der Waals surface area contributed by atoms with E-state index < -0.39 is 21.5 Å². The molecule has 6 nitrogen and oxygen atoms in total. The maximum absolute atomic E-state index is 11.5. The summed E-state index contributed by atoms with van der Waals surface area (Å²) < 4.78 is 49.6. The van der Waals surface area contributed by atoms with Crippen LogP contribution in [-0.4, -0.2) is 44.6 Å². The summed E-state index contributed by atoms with van der Waals surface area (Å²) in [5.41, 5.74) is 0.814. The first-order valence-corrected chi connectivity index (χ1v) is 10.2. The van der Waals surface area contributed by atoms with Crippen molar-refractivity contribution in [3.63, 3.8) is 0 Å². The Morgan fingerprint density at radius 3 is 2.48 bits per heavy atom. The fourth-order valence-corrected chi connectivity index (χ4v) is 4.31. The number of fused-ring (bicyclic) bond motifs is 1. The van der Waals surface area contributed by atoms with Gasteiger partial charge in [-0.1, -0.05) is 18.2 Å². The van der Waals surface area contributed by atoms with Crippen LogP contribution in [0.5, 0.6) is 5.75 Å². The van der Waals surface area contributed by atoms with Crippen LogP contribution in [0.2, 0.25) is 0 Å². The molecule has 1 aliphatic heterocycles. The van der Waals surface area contributed by atoms with E-state index in [0.29, 0.717) is 17.6 Å². The van der Waals surface area contributed by atoms with E-state index in [1.54, 1.807) is 7.11 Å². The van der Waals surface area contributed by atoms with Crippen LogP contribution >= 0.6 is 0 Å². The molecule has 1 N–H and O–H groups in total. The second-order valence-corrected chi connectivity index (χ2v) is 8.91. The molecule has 5 atom stereocenters. The van der Waals surface area contributed by atoms with Gasteiger partial charge in [0.2, 0.25) is 0 Å². The molecule has 2 unspecified atom stereocenters. The Morgan fingerprint density at radius 1 is 1.24 bits per heavy atom. The third-order valence-corrected chi connectivity index (χ3v) is 6.57. The summed E-state index contributed by atoms with van der Waals surface area (Å²) in [4.78, 5) is 0. The first-order chi connectivity index (χ1) is 11.9. The first-order valence-electron chi connectivity index (χ1n) is 8.71. The number of benzene rings is 1. The van der Waals surface area contributed by atoms with Gasteiger partial charge in [-0.15, -0.1) is 0 Å². The summed E-state index contributed by atoms with van der Waals surface area (Å²) in [6.45, 7) is 3.06. The van der Waals surface area contributed by atoms with Gasteiger partial charge in [-0.3, -0.25) is 4.55 Å². The molecule has 25 heavy (non-hydrogen) atoms. The van der Waals surface area contributed by atoms with Gasteiger partial charge >= 0.3 is 0 Å². The topological polar surface area (TPSA) is 82.1 Å². The highest BCUT2D eigenvalue weighted by Crippen LogP contribution is 2.42. The summed E-state index contributed by atoms with van der Waals surface area (Å²) in [7, 11) is -2.53. The average Bonchev–Trinajstić information content (AvgIpc) is 3.14. The zero-order valence-corrected chi connectivity index (χ0v) is 15.4. The molecule has 0 amide bonds. The summed E-state index contributed by atoms with van der Waals surface area (Å²) in [6, 6.07) is 7.46. The van der Waals surface area contributed by atoms with Crippen molar-refractivity contribution in [1.82, 2.24) is 0 Å². The van der Waals surface area contributed by atoms with E-state index in [9.17, 15) is 13.0 Å². The monoisotopic (exact) mass is 370 g/mol. The Kier molecular flexibility index (Phi) is 5.68. The van der Waals surface area contributed by atoms with E-state index in [4.69, 9.17) is 14.2 Å². The molecule has 1 aromatic rings. The zero-order chi connectivity index (χ0) is 18.0. The molecule has 3 rings (SSSR count). The minimum Gasteiger partial charge on any atom is -0.496 e. The fourth-order valence-electron chi connectivity index (χ4n) is 3.89. The van der Waals surface area contributed by atoms with Crippen molar-refractivity contribution in [2.24, 2.45) is 11.8 Å². The molecule has 1 heterocycles. The minimum absolute atomic E-state index is 0.0717. The van der Waals surface area contributed by atoms with Crippen LogP contribution in [0, 0.1) is 11.8 Å². The molecular formula is C18H26O6S. The lowest BCUT2D eigenvalue weighted by atomic mass is 10.0. The van der Waals surface area contributed by atoms with Gasteiger partial charge in [0.1, 0.15) is 5.75 Å². The first kappa shape index (κ1) is 18.6. The highest BCUT2D eigenvalue weighted by Gasteiger charge is 2.40. The van der Waals surface area contributed by atoms with E-state index >= 15 is 0 Å². The van der Waals surface area contributed by atoms with Crippen molar-refractivity contribution >= 4 is 10.1 Å². The quantitative estimate of drug-likeness (QED) is 0.743. The molecule has 2 fully saturated rings. The van der Waals surface area contributed by atoms with Crippen molar-refractivity contribution in [3.05, 3.63) is 29.8 Å². The lowest BCUT2D eigenvalue weighted by molar-refractivity contribution is -0.0236. The largest absolute Gasteiger partial charge is 0.496 e. The molecule has 0 bridgehead atoms. The summed E-state index contributed by atoms with van der Waals surface area (Å²) in [6.07, 6.45) is 1.66. The molecule has 1 saturated carbocycles. The number of methoxy groups -OCH3 is 1. The standard InChI is InChI=1S/C18H26O6S/c1-12(25(19,20)21)7-18(16-5-3-4-6-17(16)22-2)24-15-8-13-10-23-11-14(13)9-15/h3-6,12-15,18H,7-11H2,1-2H3,(H,19,20,21)/t12?,13-,14+,15?,18-/m1/s1. The van der Waals surface area contributed by atoms with Gasteiger partial charge in [0, 0.05) is 18.8 Å². The third kappa shape index (κ3) is 4.34. The van der Waals surface area contributed by atoms with Crippen molar-refractivity contribution in [2.45, 2.75) is 43.6 Å². The summed E-state index contributed by atoms with van der Waals surface area (Å²) >= 11 is 0. The number of ether oxygens (including phenoxy) is 3. The smallest absolute Gasteiger partial charge is 0.267 e. The van der Waals surface area contributed by atoms with E-state index in [-0.39, 0.29) is 12.5 Å². The lowest BCUT2D eigenvalue weighted by Gasteiger charge is -2.26. The number of hydrogen-bond donors (Lipinski definition) is 1. The van der Waals surface area contributed by atoms with Crippen LogP contribution in [0.15, 0.2) is 24.3 Å².